The average Bonchev–Trinajstić information content (AvgIpc) is 2.97. The fourth-order valence-corrected chi connectivity index (χ4v) is 6.84. The fourth-order valence-electron chi connectivity index (χ4n) is 6.84. The number of hydrogen-bond donors (Lipinski definition) is 2. The number of aryl methyl sites for hydroxylation is 1. The summed E-state index contributed by atoms with van der Waals surface area (Å²) < 4.78 is 0. The summed E-state index contributed by atoms with van der Waals surface area (Å²) in [7, 11) is 2.16. The standard InChI is InChI=1S/C37H44N2O4/c1-5-6-13-24-20-28-30(22-32(24)38-18-11-7-8-17-34(40)41)37(2,3)31-23-33-25(14-12-19-39(33)4)21-29(31)35(28)26-15-9-10-16-27(26)36(42)43/h9-10,15-16,20-23H,5-8,11-14,17-19H2,1-4H3,(H,40,41)(H,42,43). The maximum absolute atomic E-state index is 12.5. The quantitative estimate of drug-likeness (QED) is 0.263. The van der Waals surface area contributed by atoms with Crippen LogP contribution in [-0.4, -0.2) is 48.0 Å². The predicted octanol–water partition coefficient (Wildman–Crippen LogP) is 8.00. The Morgan fingerprint density at radius 2 is 1.79 bits per heavy atom. The molecular formula is C37H44N2O4. The Morgan fingerprint density at radius 1 is 1.00 bits per heavy atom. The number of carbonyl (C=O) groups is 2. The molecule has 0 saturated carbocycles. The Hall–Kier alpha value is -3.93. The first-order valence-electron chi connectivity index (χ1n) is 15.8. The second-order valence-corrected chi connectivity index (χ2v) is 12.6. The zero-order valence-corrected chi connectivity index (χ0v) is 26.0. The molecule has 1 aliphatic heterocycles. The number of aliphatic imine (C=N–C) groups is 1. The molecule has 0 saturated heterocycles. The summed E-state index contributed by atoms with van der Waals surface area (Å²) in [6.45, 7) is 8.43. The first kappa shape index (κ1) is 30.5. The van der Waals surface area contributed by atoms with Gasteiger partial charge < -0.3 is 15.1 Å². The first-order valence-corrected chi connectivity index (χ1v) is 15.8. The number of carboxylic acid groups (broad SMARTS) is 2. The third-order valence-corrected chi connectivity index (χ3v) is 9.23. The van der Waals surface area contributed by atoms with Crippen LogP contribution in [0.1, 0.15) is 105 Å². The maximum Gasteiger partial charge on any atom is 0.336 e. The fraction of sp³-hybridized carbons (Fsp3) is 0.432. The molecule has 226 valence electrons. The highest BCUT2D eigenvalue weighted by atomic mass is 16.4. The number of unbranched alkanes of at least 4 members (excludes halogenated alkanes) is 3. The molecule has 0 radical (unpaired) electrons. The monoisotopic (exact) mass is 580 g/mol. The summed E-state index contributed by atoms with van der Waals surface area (Å²) in [4.78, 5) is 30.8. The molecule has 0 atom stereocenters. The van der Waals surface area contributed by atoms with E-state index < -0.39 is 11.9 Å². The summed E-state index contributed by atoms with van der Waals surface area (Å²) in [6, 6.07) is 12.1. The minimum absolute atomic E-state index is 0.198. The van der Waals surface area contributed by atoms with E-state index >= 15 is 0 Å². The number of rotatable bonds is 11. The molecule has 0 amide bonds. The van der Waals surface area contributed by atoms with Crippen LogP contribution >= 0.6 is 0 Å². The van der Waals surface area contributed by atoms with Crippen molar-refractivity contribution in [3.8, 4) is 0 Å². The van der Waals surface area contributed by atoms with Gasteiger partial charge in [-0.2, -0.15) is 0 Å². The summed E-state index contributed by atoms with van der Waals surface area (Å²) >= 11 is 0. The topological polar surface area (TPSA) is 90.2 Å². The van der Waals surface area contributed by atoms with Gasteiger partial charge in [0.25, 0.3) is 0 Å². The number of benzene rings is 2. The molecule has 2 aromatic rings. The zero-order valence-electron chi connectivity index (χ0n) is 26.0. The Labute approximate surface area is 255 Å². The van der Waals surface area contributed by atoms with Gasteiger partial charge in [0.15, 0.2) is 0 Å². The second kappa shape index (κ2) is 12.7. The van der Waals surface area contributed by atoms with E-state index in [1.54, 1.807) is 12.1 Å². The molecule has 2 aliphatic carbocycles. The molecule has 0 bridgehead atoms. The molecule has 6 heteroatoms. The molecule has 0 spiro atoms. The molecule has 2 N–H and O–H groups in total. The Balaban J connectivity index is 1.71. The van der Waals surface area contributed by atoms with Crippen molar-refractivity contribution in [2.24, 2.45) is 4.99 Å². The molecule has 0 fully saturated rings. The lowest BCUT2D eigenvalue weighted by Crippen LogP contribution is -2.32. The average molecular weight is 581 g/mol. The van der Waals surface area contributed by atoms with Crippen LogP contribution in [0.15, 0.2) is 70.3 Å². The summed E-state index contributed by atoms with van der Waals surface area (Å²) in [5.74, 6) is -1.67. The van der Waals surface area contributed by atoms with Gasteiger partial charge in [0.05, 0.1) is 11.3 Å². The lowest BCUT2D eigenvalue weighted by atomic mass is 9.63. The number of fused-ring (bicyclic) bond motifs is 3. The van der Waals surface area contributed by atoms with Crippen molar-refractivity contribution in [2.45, 2.75) is 84.0 Å². The SMILES string of the molecule is CCCCC1=CC2=C(c3ccccc3C(=O)O)c3cc4c(cc3C(C)(C)C2=CC1=NCCCCCC(=O)O)N(C)CCC4. The predicted molar refractivity (Wildman–Crippen MR) is 175 cm³/mol. The van der Waals surface area contributed by atoms with E-state index in [9.17, 15) is 14.7 Å². The number of hydrogen-bond acceptors (Lipinski definition) is 4. The van der Waals surface area contributed by atoms with E-state index in [1.807, 2.05) is 12.1 Å². The van der Waals surface area contributed by atoms with Gasteiger partial charge in [0.1, 0.15) is 0 Å². The second-order valence-electron chi connectivity index (χ2n) is 12.6. The number of carboxylic acids is 2. The Kier molecular flexibility index (Phi) is 9.05. The number of anilines is 1. The number of aromatic carboxylic acids is 1. The third-order valence-electron chi connectivity index (χ3n) is 9.23. The van der Waals surface area contributed by atoms with Crippen molar-refractivity contribution in [1.29, 1.82) is 0 Å². The lowest BCUT2D eigenvalue weighted by Gasteiger charge is -2.42. The maximum atomic E-state index is 12.5. The van der Waals surface area contributed by atoms with E-state index in [2.05, 4.69) is 57.0 Å². The number of nitrogens with zero attached hydrogens (tertiary/aromatic N) is 2. The van der Waals surface area contributed by atoms with Crippen LogP contribution in [-0.2, 0) is 16.6 Å². The largest absolute Gasteiger partial charge is 0.481 e. The van der Waals surface area contributed by atoms with E-state index in [1.165, 1.54) is 28.0 Å². The van der Waals surface area contributed by atoms with Crippen LogP contribution in [0.3, 0.4) is 0 Å². The van der Waals surface area contributed by atoms with Crippen LogP contribution < -0.4 is 4.90 Å². The van der Waals surface area contributed by atoms with Crippen LogP contribution in [0.5, 0.6) is 0 Å². The van der Waals surface area contributed by atoms with E-state index in [4.69, 9.17) is 10.1 Å². The molecule has 3 aliphatic rings. The van der Waals surface area contributed by atoms with Gasteiger partial charge in [-0.05, 0) is 113 Å². The number of aliphatic carboxylic acids is 1. The summed E-state index contributed by atoms with van der Waals surface area (Å²) in [5, 5.41) is 19.2. The molecule has 0 unspecified atom stereocenters. The lowest BCUT2D eigenvalue weighted by molar-refractivity contribution is -0.137. The van der Waals surface area contributed by atoms with Crippen LogP contribution in [0, 0.1) is 0 Å². The van der Waals surface area contributed by atoms with E-state index in [0.717, 1.165) is 79.5 Å². The van der Waals surface area contributed by atoms with E-state index in [-0.39, 0.29) is 11.8 Å². The van der Waals surface area contributed by atoms with Gasteiger partial charge >= 0.3 is 11.9 Å². The molecular weight excluding hydrogens is 536 g/mol. The first-order chi connectivity index (χ1) is 20.6. The van der Waals surface area contributed by atoms with Crippen molar-refractivity contribution < 1.29 is 19.8 Å². The third kappa shape index (κ3) is 6.11. The van der Waals surface area contributed by atoms with Gasteiger partial charge in [0.2, 0.25) is 0 Å². The summed E-state index contributed by atoms with van der Waals surface area (Å²) in [5.41, 5.74) is 11.1. The van der Waals surface area contributed by atoms with Crippen molar-refractivity contribution >= 4 is 28.9 Å². The van der Waals surface area contributed by atoms with Gasteiger partial charge in [-0.15, -0.1) is 0 Å². The molecule has 6 nitrogen and oxygen atoms in total. The highest BCUT2D eigenvalue weighted by molar-refractivity contribution is 6.13. The summed E-state index contributed by atoms with van der Waals surface area (Å²) in [6.07, 6.45) is 12.2. The Bertz CT molecular complexity index is 1560. The highest BCUT2D eigenvalue weighted by Gasteiger charge is 2.40. The molecule has 0 aromatic heterocycles. The van der Waals surface area contributed by atoms with Gasteiger partial charge in [-0.3, -0.25) is 9.79 Å². The minimum atomic E-state index is -0.922. The minimum Gasteiger partial charge on any atom is -0.481 e. The Morgan fingerprint density at radius 3 is 2.53 bits per heavy atom. The van der Waals surface area contributed by atoms with Gasteiger partial charge in [-0.25, -0.2) is 4.79 Å². The zero-order chi connectivity index (χ0) is 30.7. The van der Waals surface area contributed by atoms with Crippen molar-refractivity contribution in [3.63, 3.8) is 0 Å². The van der Waals surface area contributed by atoms with E-state index in [0.29, 0.717) is 18.5 Å². The van der Waals surface area contributed by atoms with Crippen molar-refractivity contribution in [1.82, 2.24) is 0 Å². The molecule has 43 heavy (non-hydrogen) atoms. The number of allylic oxidation sites excluding steroid dienone is 5. The molecule has 2 aromatic carbocycles. The normalized spacial score (nSPS) is 18.0. The molecule has 1 heterocycles. The van der Waals surface area contributed by atoms with Gasteiger partial charge in [-0.1, -0.05) is 51.8 Å². The van der Waals surface area contributed by atoms with Crippen molar-refractivity contribution in [3.05, 3.63) is 93.1 Å². The smallest absolute Gasteiger partial charge is 0.336 e. The van der Waals surface area contributed by atoms with Crippen LogP contribution in [0.2, 0.25) is 0 Å². The molecule has 5 rings (SSSR count). The van der Waals surface area contributed by atoms with Crippen LogP contribution in [0.4, 0.5) is 5.69 Å². The van der Waals surface area contributed by atoms with Gasteiger partial charge in [0, 0.05) is 37.7 Å². The highest BCUT2D eigenvalue weighted by Crippen LogP contribution is 2.52. The van der Waals surface area contributed by atoms with Crippen LogP contribution in [0.25, 0.3) is 5.57 Å². The van der Waals surface area contributed by atoms with Crippen molar-refractivity contribution in [2.75, 3.05) is 25.0 Å².